The molecule has 0 saturated heterocycles. The summed E-state index contributed by atoms with van der Waals surface area (Å²) < 4.78 is 2.11. The van der Waals surface area contributed by atoms with Crippen LogP contribution >= 0.6 is 43.5 Å². The zero-order valence-electron chi connectivity index (χ0n) is 25.3. The molecule has 0 amide bonds. The van der Waals surface area contributed by atoms with E-state index in [1.807, 2.05) is 54.6 Å². The molecule has 0 heterocycles. The zero-order valence-corrected chi connectivity index (χ0v) is 29.3. The van der Waals surface area contributed by atoms with E-state index in [1.54, 1.807) is 0 Å². The van der Waals surface area contributed by atoms with Crippen LogP contribution in [0.2, 0.25) is 5.02 Å². The van der Waals surface area contributed by atoms with E-state index in [0.717, 1.165) is 43.2 Å². The Kier molecular flexibility index (Phi) is 8.78. The first kappa shape index (κ1) is 31.0. The van der Waals surface area contributed by atoms with E-state index < -0.39 is 5.60 Å². The van der Waals surface area contributed by atoms with Gasteiger partial charge in [-0.05, 0) is 108 Å². The van der Waals surface area contributed by atoms with Crippen LogP contribution in [-0.4, -0.2) is 5.11 Å². The van der Waals surface area contributed by atoms with E-state index in [9.17, 15) is 5.11 Å². The lowest BCUT2D eigenvalue weighted by Crippen LogP contribution is -2.42. The minimum absolute atomic E-state index is 0.0828. The summed E-state index contributed by atoms with van der Waals surface area (Å²) in [6.45, 7) is 8.83. The lowest BCUT2D eigenvalue weighted by Gasteiger charge is -2.49. The molecule has 1 N–H and O–H groups in total. The van der Waals surface area contributed by atoms with Crippen LogP contribution in [0.1, 0.15) is 68.3 Å². The van der Waals surface area contributed by atoms with E-state index in [1.165, 1.54) is 27.8 Å². The van der Waals surface area contributed by atoms with Crippen LogP contribution in [-0.2, 0) is 5.60 Å². The first-order chi connectivity index (χ1) is 21.2. The molecule has 1 aliphatic rings. The summed E-state index contributed by atoms with van der Waals surface area (Å²) in [6.07, 6.45) is 0.723. The fourth-order valence-corrected chi connectivity index (χ4v) is 8.97. The number of aliphatic hydroxyl groups is 1. The SMILES string of the molecule is Cc1c(C)c(C)c(C2CC(c3ccccc3Br)=C(c3ccccc3)C(O)(c3ccccc3Cl)C2c2ccccc2)c(Br)c1C. The highest BCUT2D eigenvalue weighted by atomic mass is 79.9. The van der Waals surface area contributed by atoms with Crippen molar-refractivity contribution in [2.45, 2.75) is 51.6 Å². The Labute approximate surface area is 282 Å². The topological polar surface area (TPSA) is 20.2 Å². The Bertz CT molecular complexity index is 1850. The van der Waals surface area contributed by atoms with Gasteiger partial charge in [-0.15, -0.1) is 0 Å². The van der Waals surface area contributed by atoms with E-state index in [4.69, 9.17) is 11.6 Å². The van der Waals surface area contributed by atoms with Crippen LogP contribution in [0, 0.1) is 27.7 Å². The van der Waals surface area contributed by atoms with Gasteiger partial charge >= 0.3 is 0 Å². The van der Waals surface area contributed by atoms with Crippen LogP contribution in [0.15, 0.2) is 118 Å². The molecule has 0 aliphatic heterocycles. The standard InChI is InChI=1S/C40H35Br2ClO/c1-24-25(2)27(4)39(42)36(26(24)3)32-23-31(30-19-11-13-21-34(30)41)37(28-15-7-5-8-16-28)40(44,33-20-12-14-22-35(33)43)38(32)29-17-9-6-10-18-29/h5-22,32,38,44H,23H2,1-4H3. The lowest BCUT2D eigenvalue weighted by atomic mass is 9.57. The minimum Gasteiger partial charge on any atom is -0.380 e. The number of allylic oxidation sites excluding steroid dienone is 1. The van der Waals surface area contributed by atoms with Gasteiger partial charge in [-0.3, -0.25) is 0 Å². The van der Waals surface area contributed by atoms with Crippen molar-refractivity contribution >= 4 is 54.6 Å². The summed E-state index contributed by atoms with van der Waals surface area (Å²) in [7, 11) is 0. The second kappa shape index (κ2) is 12.4. The summed E-state index contributed by atoms with van der Waals surface area (Å²) in [5.41, 5.74) is 10.6. The third-order valence-electron chi connectivity index (χ3n) is 9.69. The van der Waals surface area contributed by atoms with Crippen molar-refractivity contribution in [1.29, 1.82) is 0 Å². The summed E-state index contributed by atoms with van der Waals surface area (Å²) in [6, 6.07) is 37.0. The van der Waals surface area contributed by atoms with Crippen LogP contribution < -0.4 is 0 Å². The highest BCUT2D eigenvalue weighted by molar-refractivity contribution is 9.10. The Balaban J connectivity index is 1.83. The molecule has 0 saturated carbocycles. The monoisotopic (exact) mass is 724 g/mol. The maximum atomic E-state index is 13.9. The van der Waals surface area contributed by atoms with Crippen LogP contribution in [0.4, 0.5) is 0 Å². The van der Waals surface area contributed by atoms with E-state index in [-0.39, 0.29) is 11.8 Å². The third-order valence-corrected chi connectivity index (χ3v) is 11.7. The summed E-state index contributed by atoms with van der Waals surface area (Å²) in [5, 5.41) is 14.5. The molecule has 1 nitrogen and oxygen atoms in total. The molecule has 44 heavy (non-hydrogen) atoms. The first-order valence-corrected chi connectivity index (χ1v) is 16.9. The van der Waals surface area contributed by atoms with Gasteiger partial charge in [0.05, 0.1) is 0 Å². The number of hydrogen-bond acceptors (Lipinski definition) is 1. The van der Waals surface area contributed by atoms with Crippen molar-refractivity contribution in [1.82, 2.24) is 0 Å². The van der Waals surface area contributed by atoms with Gasteiger partial charge in [-0.25, -0.2) is 0 Å². The molecule has 3 unspecified atom stereocenters. The second-order valence-corrected chi connectivity index (χ2v) is 13.9. The summed E-state index contributed by atoms with van der Waals surface area (Å²) >= 11 is 15.1. The molecule has 0 radical (unpaired) electrons. The van der Waals surface area contributed by atoms with Gasteiger partial charge in [0.25, 0.3) is 0 Å². The van der Waals surface area contributed by atoms with Crippen LogP contribution in [0.5, 0.6) is 0 Å². The Morgan fingerprint density at radius 1 is 0.682 bits per heavy atom. The Morgan fingerprint density at radius 2 is 1.25 bits per heavy atom. The molecule has 0 bridgehead atoms. The highest BCUT2D eigenvalue weighted by Crippen LogP contribution is 2.63. The van der Waals surface area contributed by atoms with Crippen molar-refractivity contribution in [3.05, 3.63) is 173 Å². The minimum atomic E-state index is -1.48. The van der Waals surface area contributed by atoms with Crippen molar-refractivity contribution in [3.8, 4) is 0 Å². The number of benzene rings is 5. The van der Waals surface area contributed by atoms with Gasteiger partial charge in [0.1, 0.15) is 5.60 Å². The quantitative estimate of drug-likeness (QED) is 0.191. The van der Waals surface area contributed by atoms with Gasteiger partial charge < -0.3 is 5.11 Å². The normalized spacial score (nSPS) is 20.2. The van der Waals surface area contributed by atoms with Gasteiger partial charge in [0.15, 0.2) is 0 Å². The van der Waals surface area contributed by atoms with Gasteiger partial charge in [0.2, 0.25) is 0 Å². The molecule has 4 heteroatoms. The molecule has 6 rings (SSSR count). The van der Waals surface area contributed by atoms with Gasteiger partial charge in [0, 0.05) is 25.4 Å². The van der Waals surface area contributed by atoms with Crippen LogP contribution in [0.25, 0.3) is 11.1 Å². The van der Waals surface area contributed by atoms with Gasteiger partial charge in [-0.1, -0.05) is 141 Å². The zero-order chi connectivity index (χ0) is 31.2. The molecule has 5 aromatic rings. The van der Waals surface area contributed by atoms with E-state index >= 15 is 0 Å². The summed E-state index contributed by atoms with van der Waals surface area (Å²) in [4.78, 5) is 0. The van der Waals surface area contributed by atoms with Gasteiger partial charge in [-0.2, -0.15) is 0 Å². The van der Waals surface area contributed by atoms with Crippen molar-refractivity contribution in [2.24, 2.45) is 0 Å². The predicted octanol–water partition coefficient (Wildman–Crippen LogP) is 11.9. The fraction of sp³-hybridized carbons (Fsp3) is 0.200. The number of rotatable bonds is 5. The van der Waals surface area contributed by atoms with E-state index in [2.05, 4.69) is 114 Å². The summed E-state index contributed by atoms with van der Waals surface area (Å²) in [5.74, 6) is -0.429. The number of hydrogen-bond donors (Lipinski definition) is 1. The number of halogens is 3. The Morgan fingerprint density at radius 3 is 1.91 bits per heavy atom. The van der Waals surface area contributed by atoms with E-state index in [0.29, 0.717) is 10.6 Å². The van der Waals surface area contributed by atoms with Crippen molar-refractivity contribution in [3.63, 3.8) is 0 Å². The first-order valence-electron chi connectivity index (χ1n) is 15.0. The molecule has 0 fully saturated rings. The smallest absolute Gasteiger partial charge is 0.124 e. The molecule has 0 aromatic heterocycles. The lowest BCUT2D eigenvalue weighted by molar-refractivity contribution is 0.0535. The molecule has 3 atom stereocenters. The predicted molar refractivity (Wildman–Crippen MR) is 192 cm³/mol. The average molecular weight is 727 g/mol. The van der Waals surface area contributed by atoms with Crippen LogP contribution in [0.3, 0.4) is 0 Å². The molecule has 0 spiro atoms. The Hall–Kier alpha value is -2.95. The molecular weight excluding hydrogens is 692 g/mol. The van der Waals surface area contributed by atoms with Crippen molar-refractivity contribution < 1.29 is 5.11 Å². The largest absolute Gasteiger partial charge is 0.380 e. The molecule has 5 aromatic carbocycles. The fourth-order valence-electron chi connectivity index (χ4n) is 7.28. The average Bonchev–Trinajstić information content (AvgIpc) is 3.04. The molecule has 222 valence electrons. The highest BCUT2D eigenvalue weighted by Gasteiger charge is 2.53. The third kappa shape index (κ3) is 5.12. The maximum Gasteiger partial charge on any atom is 0.124 e. The molecular formula is C40H35Br2ClO. The maximum absolute atomic E-state index is 13.9. The molecule has 1 aliphatic carbocycles. The van der Waals surface area contributed by atoms with Crippen molar-refractivity contribution in [2.75, 3.05) is 0 Å². The second-order valence-electron chi connectivity index (χ2n) is 11.9.